The maximum atomic E-state index is 13.4. The lowest BCUT2D eigenvalue weighted by atomic mass is 9.97. The van der Waals surface area contributed by atoms with Gasteiger partial charge in [0.25, 0.3) is 5.91 Å². The molecule has 0 radical (unpaired) electrons. The maximum absolute atomic E-state index is 13.4. The van der Waals surface area contributed by atoms with Crippen molar-refractivity contribution >= 4 is 28.6 Å². The van der Waals surface area contributed by atoms with E-state index in [2.05, 4.69) is 9.97 Å². The highest BCUT2D eigenvalue weighted by atomic mass is 19.2. The number of hydrogen-bond donors (Lipinski definition) is 2. The van der Waals surface area contributed by atoms with E-state index in [0.29, 0.717) is 36.3 Å². The van der Waals surface area contributed by atoms with Gasteiger partial charge in [-0.05, 0) is 49.1 Å². The van der Waals surface area contributed by atoms with Gasteiger partial charge in [-0.3, -0.25) is 4.79 Å². The number of aromatic nitrogens is 2. The number of nitrogens with zero attached hydrogens (tertiary/aromatic N) is 3. The standard InChI is InChI=1S/C21H21F2N5O2/c22-14-5-4-13(10-15(14)23)20(29)28-8-6-12(7-9-28)11-30-17-3-1-2-16-18(17)19(24)27-21(25)26-16/h1-5,10,12H,6-9,11H2,(H4,24,25,26,27). The van der Waals surface area contributed by atoms with Gasteiger partial charge in [-0.2, -0.15) is 4.98 Å². The van der Waals surface area contributed by atoms with E-state index in [0.717, 1.165) is 25.0 Å². The van der Waals surface area contributed by atoms with Gasteiger partial charge in [-0.15, -0.1) is 0 Å². The van der Waals surface area contributed by atoms with E-state index in [4.69, 9.17) is 16.2 Å². The van der Waals surface area contributed by atoms with Gasteiger partial charge in [0.05, 0.1) is 17.5 Å². The number of hydrogen-bond acceptors (Lipinski definition) is 6. The van der Waals surface area contributed by atoms with Crippen LogP contribution in [0.25, 0.3) is 10.9 Å². The van der Waals surface area contributed by atoms with Gasteiger partial charge in [-0.1, -0.05) is 6.07 Å². The van der Waals surface area contributed by atoms with Crippen LogP contribution >= 0.6 is 0 Å². The second-order valence-electron chi connectivity index (χ2n) is 7.29. The van der Waals surface area contributed by atoms with Crippen LogP contribution < -0.4 is 16.2 Å². The third kappa shape index (κ3) is 3.96. The molecule has 4 rings (SSSR count). The van der Waals surface area contributed by atoms with E-state index in [1.807, 2.05) is 6.07 Å². The third-order valence-corrected chi connectivity index (χ3v) is 5.27. The Labute approximate surface area is 171 Å². The number of carbonyl (C=O) groups is 1. The lowest BCUT2D eigenvalue weighted by molar-refractivity contribution is 0.0661. The Morgan fingerprint density at radius 1 is 1.10 bits per heavy atom. The molecule has 0 saturated carbocycles. The summed E-state index contributed by atoms with van der Waals surface area (Å²) in [5.41, 5.74) is 12.4. The van der Waals surface area contributed by atoms with Crippen molar-refractivity contribution in [2.24, 2.45) is 5.92 Å². The Bertz CT molecular complexity index is 1100. The van der Waals surface area contributed by atoms with E-state index in [-0.39, 0.29) is 29.2 Å². The number of amides is 1. The van der Waals surface area contributed by atoms with E-state index >= 15 is 0 Å². The summed E-state index contributed by atoms with van der Waals surface area (Å²) in [4.78, 5) is 22.3. The first-order valence-corrected chi connectivity index (χ1v) is 9.61. The monoisotopic (exact) mass is 413 g/mol. The highest BCUT2D eigenvalue weighted by Gasteiger charge is 2.25. The Kier molecular flexibility index (Phi) is 5.35. The van der Waals surface area contributed by atoms with Crippen molar-refractivity contribution < 1.29 is 18.3 Å². The zero-order valence-electron chi connectivity index (χ0n) is 16.1. The van der Waals surface area contributed by atoms with Gasteiger partial charge in [0, 0.05) is 18.7 Å². The second-order valence-corrected chi connectivity index (χ2v) is 7.29. The van der Waals surface area contributed by atoms with Crippen LogP contribution in [0, 0.1) is 17.6 Å². The number of piperidine rings is 1. The largest absolute Gasteiger partial charge is 0.492 e. The summed E-state index contributed by atoms with van der Waals surface area (Å²) >= 11 is 0. The van der Waals surface area contributed by atoms with Crippen LogP contribution in [-0.2, 0) is 0 Å². The maximum Gasteiger partial charge on any atom is 0.253 e. The van der Waals surface area contributed by atoms with Gasteiger partial charge in [-0.25, -0.2) is 13.8 Å². The SMILES string of the molecule is Nc1nc(N)c2c(OCC3CCN(C(=O)c4ccc(F)c(F)c4)CC3)cccc2n1. The van der Waals surface area contributed by atoms with Crippen LogP contribution in [0.5, 0.6) is 5.75 Å². The number of rotatable bonds is 4. The highest BCUT2D eigenvalue weighted by molar-refractivity contribution is 5.95. The zero-order chi connectivity index (χ0) is 21.3. The summed E-state index contributed by atoms with van der Waals surface area (Å²) in [6.07, 6.45) is 1.47. The lowest BCUT2D eigenvalue weighted by Crippen LogP contribution is -2.39. The molecule has 156 valence electrons. The molecule has 1 aromatic heterocycles. The number of anilines is 2. The molecule has 3 aromatic rings. The predicted octanol–water partition coefficient (Wildman–Crippen LogP) is 3.00. The quantitative estimate of drug-likeness (QED) is 0.681. The number of likely N-dealkylation sites (tertiary alicyclic amines) is 1. The summed E-state index contributed by atoms with van der Waals surface area (Å²) in [6.45, 7) is 1.49. The average molecular weight is 413 g/mol. The first-order valence-electron chi connectivity index (χ1n) is 9.61. The average Bonchev–Trinajstić information content (AvgIpc) is 2.73. The van der Waals surface area contributed by atoms with Gasteiger partial charge in [0.1, 0.15) is 11.6 Å². The molecule has 7 nitrogen and oxygen atoms in total. The summed E-state index contributed by atoms with van der Waals surface area (Å²) < 4.78 is 32.5. The summed E-state index contributed by atoms with van der Waals surface area (Å²) in [5.74, 6) is -1.09. The number of ether oxygens (including phenoxy) is 1. The Balaban J connectivity index is 1.37. The smallest absolute Gasteiger partial charge is 0.253 e. The number of nitrogens with two attached hydrogens (primary N) is 2. The minimum absolute atomic E-state index is 0.107. The predicted molar refractivity (Wildman–Crippen MR) is 109 cm³/mol. The minimum Gasteiger partial charge on any atom is -0.492 e. The molecule has 2 heterocycles. The van der Waals surface area contributed by atoms with Gasteiger partial charge in [0.2, 0.25) is 5.95 Å². The van der Waals surface area contributed by atoms with Crippen molar-refractivity contribution in [3.8, 4) is 5.75 Å². The first kappa shape index (κ1) is 19.8. The Morgan fingerprint density at radius 2 is 1.87 bits per heavy atom. The normalized spacial score (nSPS) is 14.8. The van der Waals surface area contributed by atoms with Crippen molar-refractivity contribution in [3.63, 3.8) is 0 Å². The molecule has 1 aliphatic heterocycles. The van der Waals surface area contributed by atoms with Crippen LogP contribution in [-0.4, -0.2) is 40.5 Å². The fraction of sp³-hybridized carbons (Fsp3) is 0.286. The molecule has 1 aliphatic rings. The number of halogens is 2. The number of benzene rings is 2. The molecule has 1 amide bonds. The molecule has 1 saturated heterocycles. The van der Waals surface area contributed by atoms with E-state index in [1.165, 1.54) is 6.07 Å². The van der Waals surface area contributed by atoms with Crippen molar-refractivity contribution in [1.29, 1.82) is 0 Å². The van der Waals surface area contributed by atoms with Crippen LogP contribution in [0.4, 0.5) is 20.5 Å². The number of nitrogen functional groups attached to an aromatic ring is 2. The molecule has 30 heavy (non-hydrogen) atoms. The molecule has 0 unspecified atom stereocenters. The van der Waals surface area contributed by atoms with Crippen LogP contribution in [0.1, 0.15) is 23.2 Å². The van der Waals surface area contributed by atoms with Crippen LogP contribution in [0.2, 0.25) is 0 Å². The second kappa shape index (κ2) is 8.10. The lowest BCUT2D eigenvalue weighted by Gasteiger charge is -2.32. The molecule has 0 aliphatic carbocycles. The van der Waals surface area contributed by atoms with Gasteiger partial charge < -0.3 is 21.1 Å². The molecule has 0 atom stereocenters. The Morgan fingerprint density at radius 3 is 2.60 bits per heavy atom. The van der Waals surface area contributed by atoms with Crippen LogP contribution in [0.3, 0.4) is 0 Å². The van der Waals surface area contributed by atoms with Crippen LogP contribution in [0.15, 0.2) is 36.4 Å². The Hall–Kier alpha value is -3.49. The van der Waals surface area contributed by atoms with Crippen molar-refractivity contribution in [1.82, 2.24) is 14.9 Å². The molecule has 0 spiro atoms. The topological polar surface area (TPSA) is 107 Å². The summed E-state index contributed by atoms with van der Waals surface area (Å²) in [7, 11) is 0. The molecule has 0 bridgehead atoms. The third-order valence-electron chi connectivity index (χ3n) is 5.27. The fourth-order valence-electron chi connectivity index (χ4n) is 3.64. The molecule has 9 heteroatoms. The van der Waals surface area contributed by atoms with Gasteiger partial charge >= 0.3 is 0 Å². The summed E-state index contributed by atoms with van der Waals surface area (Å²) in [6, 6.07) is 8.62. The van der Waals surface area contributed by atoms with Crippen molar-refractivity contribution in [2.45, 2.75) is 12.8 Å². The van der Waals surface area contributed by atoms with E-state index in [1.54, 1.807) is 17.0 Å². The zero-order valence-corrected chi connectivity index (χ0v) is 16.1. The fourth-order valence-corrected chi connectivity index (χ4v) is 3.64. The van der Waals surface area contributed by atoms with E-state index in [9.17, 15) is 13.6 Å². The molecule has 1 fully saturated rings. The number of carbonyl (C=O) groups excluding carboxylic acids is 1. The van der Waals surface area contributed by atoms with Crippen molar-refractivity contribution in [3.05, 3.63) is 53.6 Å². The molecular formula is C21H21F2N5O2. The molecular weight excluding hydrogens is 392 g/mol. The van der Waals surface area contributed by atoms with Gasteiger partial charge in [0.15, 0.2) is 11.6 Å². The van der Waals surface area contributed by atoms with Crippen molar-refractivity contribution in [2.75, 3.05) is 31.2 Å². The minimum atomic E-state index is -1.02. The molecule has 2 aromatic carbocycles. The highest BCUT2D eigenvalue weighted by Crippen LogP contribution is 2.30. The summed E-state index contributed by atoms with van der Waals surface area (Å²) in [5, 5.41) is 0.623. The number of fused-ring (bicyclic) bond motifs is 1. The first-order chi connectivity index (χ1) is 14.4. The molecule has 4 N–H and O–H groups in total. The van der Waals surface area contributed by atoms with E-state index < -0.39 is 11.6 Å².